The fourth-order valence-corrected chi connectivity index (χ4v) is 27.3. The summed E-state index contributed by atoms with van der Waals surface area (Å²) in [5.74, 6) is 0. The van der Waals surface area contributed by atoms with Gasteiger partial charge in [0.15, 0.2) is 0 Å². The molecule has 0 atom stereocenters. The molecule has 0 N–H and O–H groups in total. The largest absolute Gasteiger partial charge is 0.315 e. The third-order valence-corrected chi connectivity index (χ3v) is 25.7. The fourth-order valence-electron chi connectivity index (χ4n) is 2.76. The molecule has 122 valence electrons. The molecule has 0 aliphatic carbocycles. The first-order chi connectivity index (χ1) is 8.91. The quantitative estimate of drug-likeness (QED) is 0.583. The Morgan fingerprint density at radius 1 is 0.650 bits per heavy atom. The van der Waals surface area contributed by atoms with E-state index >= 15 is 0 Å². The zero-order valence-electron chi connectivity index (χ0n) is 13.1. The van der Waals surface area contributed by atoms with E-state index in [1.165, 1.54) is 0 Å². The molecule has 0 radical (unpaired) electrons. The van der Waals surface area contributed by atoms with E-state index in [-0.39, 0.29) is 0 Å². The molecule has 0 saturated heterocycles. The summed E-state index contributed by atoms with van der Waals surface area (Å²) in [4.78, 5) is 0. The van der Waals surface area contributed by atoms with Crippen LogP contribution in [0.15, 0.2) is 0 Å². The molecule has 6 nitrogen and oxygen atoms in total. The van der Waals surface area contributed by atoms with Gasteiger partial charge in [0, 0.05) is 0 Å². The van der Waals surface area contributed by atoms with Crippen LogP contribution in [-0.4, -0.2) is 45.0 Å². The van der Waals surface area contributed by atoms with E-state index in [0.717, 1.165) is 12.5 Å². The van der Waals surface area contributed by atoms with Crippen molar-refractivity contribution < 1.29 is 24.6 Å². The Bertz CT molecular complexity index is 458. The summed E-state index contributed by atoms with van der Waals surface area (Å²) in [5.41, 5.74) is 0. The third kappa shape index (κ3) is 4.91. The molecule has 0 amide bonds. The molecule has 0 aromatic heterocycles. The van der Waals surface area contributed by atoms with Crippen LogP contribution in [0.1, 0.15) is 27.7 Å². The maximum atomic E-state index is 11.6. The summed E-state index contributed by atoms with van der Waals surface area (Å²) in [6.07, 6.45) is 2.04. The Balaban J connectivity index is 6.03. The minimum absolute atomic E-state index is 0.528. The van der Waals surface area contributed by atoms with Crippen LogP contribution in [0.4, 0.5) is 0 Å². The minimum Gasteiger partial charge on any atom is -0.315 e. The molecule has 0 unspecified atom stereocenters. The maximum Gasteiger partial charge on any atom is 0.254 e. The Hall–Kier alpha value is 0.254. The highest BCUT2D eigenvalue weighted by Crippen LogP contribution is 2.37. The number of hydrogen-bond donors (Lipinski definition) is 0. The van der Waals surface area contributed by atoms with Crippen molar-refractivity contribution >= 4 is 35.9 Å². The van der Waals surface area contributed by atoms with Gasteiger partial charge in [-0.05, 0) is 24.2 Å². The summed E-state index contributed by atoms with van der Waals surface area (Å²) in [7, 11) is -12.9. The van der Waals surface area contributed by atoms with E-state index in [1.807, 2.05) is 27.7 Å². The highest BCUT2D eigenvalue weighted by molar-refractivity contribution is 7.89. The first-order valence-electron chi connectivity index (χ1n) is 6.72. The summed E-state index contributed by atoms with van der Waals surface area (Å²) < 4.78 is 57.6. The second kappa shape index (κ2) is 7.01. The van der Waals surface area contributed by atoms with E-state index < -0.39 is 35.9 Å². The van der Waals surface area contributed by atoms with Crippen molar-refractivity contribution in [3.63, 3.8) is 0 Å². The maximum absolute atomic E-state index is 11.6. The first kappa shape index (κ1) is 20.3. The topological polar surface area (TPSA) is 86.7 Å². The molecule has 0 heterocycles. The van der Waals surface area contributed by atoms with Crippen molar-refractivity contribution in [1.82, 2.24) is 0 Å². The van der Waals surface area contributed by atoms with Crippen LogP contribution in [0.2, 0.25) is 24.2 Å². The molecule has 0 rings (SSSR count). The van der Waals surface area contributed by atoms with Crippen LogP contribution in [0.5, 0.6) is 0 Å². The van der Waals surface area contributed by atoms with E-state index in [9.17, 15) is 16.8 Å². The van der Waals surface area contributed by atoms with Gasteiger partial charge < -0.3 is 7.74 Å². The first-order valence-corrected chi connectivity index (χ1v) is 16.0. The molecule has 0 aromatic rings. The highest BCUT2D eigenvalue weighted by Gasteiger charge is 2.58. The predicted molar refractivity (Wildman–Crippen MR) is 85.3 cm³/mol. The molecule has 0 spiro atoms. The molecule has 10 heteroatoms. The third-order valence-electron chi connectivity index (χ3n) is 3.74. The normalized spacial score (nSPS) is 14.5. The minimum atomic E-state index is -3.64. The van der Waals surface area contributed by atoms with Crippen molar-refractivity contribution in [2.75, 3.05) is 12.5 Å². The van der Waals surface area contributed by atoms with Gasteiger partial charge >= 0.3 is 0 Å². The molecular formula is C10H26O6S2Si2. The van der Waals surface area contributed by atoms with Crippen LogP contribution in [0.25, 0.3) is 0 Å². The van der Waals surface area contributed by atoms with E-state index in [2.05, 4.69) is 0 Å². The van der Waals surface area contributed by atoms with Crippen LogP contribution >= 0.6 is 0 Å². The molecule has 0 fully saturated rings. The second-order valence-electron chi connectivity index (χ2n) is 4.98. The average molecular weight is 363 g/mol. The Labute approximate surface area is 125 Å². The molecule has 20 heavy (non-hydrogen) atoms. The lowest BCUT2D eigenvalue weighted by atomic mass is 10.9. The lowest BCUT2D eigenvalue weighted by molar-refractivity contribution is 0.463. The van der Waals surface area contributed by atoms with Gasteiger partial charge in [-0.1, -0.05) is 27.7 Å². The van der Waals surface area contributed by atoms with Crippen LogP contribution in [0.3, 0.4) is 0 Å². The van der Waals surface area contributed by atoms with Gasteiger partial charge in [0.1, 0.15) is 0 Å². The van der Waals surface area contributed by atoms with Gasteiger partial charge in [-0.25, -0.2) is 16.8 Å². The van der Waals surface area contributed by atoms with Gasteiger partial charge in [-0.15, -0.1) is 0 Å². The SMILES string of the molecule is CC[Si](CC)(OS(C)(=O)=O)[Si](CC)(CC)OS(C)(=O)=O. The lowest BCUT2D eigenvalue weighted by Crippen LogP contribution is -2.66. The van der Waals surface area contributed by atoms with Crippen LogP contribution in [-0.2, 0) is 28.0 Å². The zero-order chi connectivity index (χ0) is 16.2. The summed E-state index contributed by atoms with van der Waals surface area (Å²) in [5, 5.41) is 0. The predicted octanol–water partition coefficient (Wildman–Crippen LogP) is 1.99. The zero-order valence-corrected chi connectivity index (χ0v) is 16.7. The number of hydrogen-bond acceptors (Lipinski definition) is 6. The standard InChI is InChI=1S/C10H26O6S2Si2/c1-7-19(8-2,15-17(5,11)12)20(9-3,10-4)16-18(6,13)14/h7-10H2,1-6H3. The van der Waals surface area contributed by atoms with Crippen molar-refractivity contribution in [2.45, 2.75) is 51.9 Å². The van der Waals surface area contributed by atoms with Crippen LogP contribution in [0, 0.1) is 0 Å². The summed E-state index contributed by atoms with van der Waals surface area (Å²) in [6, 6.07) is 2.11. The lowest BCUT2D eigenvalue weighted by Gasteiger charge is -2.42. The van der Waals surface area contributed by atoms with Gasteiger partial charge in [0.2, 0.25) is 15.7 Å². The van der Waals surface area contributed by atoms with Gasteiger partial charge in [-0.2, -0.15) is 0 Å². The fraction of sp³-hybridized carbons (Fsp3) is 1.00. The average Bonchev–Trinajstić information content (AvgIpc) is 2.30. The molecule has 0 bridgehead atoms. The smallest absolute Gasteiger partial charge is 0.254 e. The summed E-state index contributed by atoms with van der Waals surface area (Å²) in [6.45, 7) is 7.44. The Morgan fingerprint density at radius 2 is 0.850 bits per heavy atom. The van der Waals surface area contributed by atoms with Crippen molar-refractivity contribution in [3.05, 3.63) is 0 Å². The van der Waals surface area contributed by atoms with Crippen molar-refractivity contribution in [2.24, 2.45) is 0 Å². The van der Waals surface area contributed by atoms with Crippen LogP contribution < -0.4 is 0 Å². The van der Waals surface area contributed by atoms with Gasteiger partial charge in [0.25, 0.3) is 20.2 Å². The second-order valence-corrected chi connectivity index (χ2v) is 21.4. The molecule has 0 aliphatic heterocycles. The highest BCUT2D eigenvalue weighted by atomic mass is 32.2. The van der Waals surface area contributed by atoms with E-state index in [4.69, 9.17) is 7.74 Å². The van der Waals surface area contributed by atoms with Gasteiger partial charge in [-0.3, -0.25) is 0 Å². The van der Waals surface area contributed by atoms with Gasteiger partial charge in [0.05, 0.1) is 12.5 Å². The van der Waals surface area contributed by atoms with Crippen molar-refractivity contribution in [1.29, 1.82) is 0 Å². The monoisotopic (exact) mass is 362 g/mol. The van der Waals surface area contributed by atoms with E-state index in [1.54, 1.807) is 0 Å². The molecule has 0 aromatic carbocycles. The Kier molecular flexibility index (Phi) is 7.10. The Morgan fingerprint density at radius 3 is 0.950 bits per heavy atom. The molecule has 0 saturated carbocycles. The van der Waals surface area contributed by atoms with E-state index in [0.29, 0.717) is 24.2 Å². The summed E-state index contributed by atoms with van der Waals surface area (Å²) >= 11 is 0. The number of rotatable bonds is 9. The molecular weight excluding hydrogens is 336 g/mol. The molecule has 0 aliphatic rings. The van der Waals surface area contributed by atoms with Crippen molar-refractivity contribution in [3.8, 4) is 0 Å².